The molecule has 10 heteroatoms. The lowest BCUT2D eigenvalue weighted by Crippen LogP contribution is -2.34. The fourth-order valence-corrected chi connectivity index (χ4v) is 3.39. The Morgan fingerprint density at radius 1 is 1.12 bits per heavy atom. The SMILES string of the molecule is COc1ccc(-c2noc(CCCC(=O)N(C)CC(=O)Nc3c(Cl)cccc3Cl)n2)cc1. The molecular formula is C22H22Cl2N4O4. The zero-order chi connectivity index (χ0) is 23.1. The highest BCUT2D eigenvalue weighted by Gasteiger charge is 2.16. The number of hydrogen-bond donors (Lipinski definition) is 1. The first-order valence-electron chi connectivity index (χ1n) is 9.82. The van der Waals surface area contributed by atoms with Crippen molar-refractivity contribution in [3.05, 3.63) is 58.4 Å². The molecule has 0 fully saturated rings. The Bertz CT molecular complexity index is 1070. The monoisotopic (exact) mass is 476 g/mol. The summed E-state index contributed by atoms with van der Waals surface area (Å²) in [5, 5.41) is 7.26. The van der Waals surface area contributed by atoms with Crippen LogP contribution in [0.25, 0.3) is 11.4 Å². The van der Waals surface area contributed by atoms with E-state index in [1.54, 1.807) is 32.4 Å². The van der Waals surface area contributed by atoms with Crippen molar-refractivity contribution in [2.45, 2.75) is 19.3 Å². The highest BCUT2D eigenvalue weighted by atomic mass is 35.5. The van der Waals surface area contributed by atoms with Crippen LogP contribution in [0.4, 0.5) is 5.69 Å². The van der Waals surface area contributed by atoms with Crippen molar-refractivity contribution < 1.29 is 18.8 Å². The van der Waals surface area contributed by atoms with Crippen LogP contribution in [0.5, 0.6) is 5.75 Å². The predicted octanol–water partition coefficient (Wildman–Crippen LogP) is 4.47. The third-order valence-electron chi connectivity index (χ3n) is 4.63. The number of aromatic nitrogens is 2. The lowest BCUT2D eigenvalue weighted by Gasteiger charge is -2.17. The van der Waals surface area contributed by atoms with E-state index >= 15 is 0 Å². The molecule has 3 aromatic rings. The summed E-state index contributed by atoms with van der Waals surface area (Å²) < 4.78 is 10.4. The van der Waals surface area contributed by atoms with Gasteiger partial charge in [-0.05, 0) is 42.8 Å². The van der Waals surface area contributed by atoms with Crippen LogP contribution in [0.3, 0.4) is 0 Å². The summed E-state index contributed by atoms with van der Waals surface area (Å²) >= 11 is 12.1. The van der Waals surface area contributed by atoms with Gasteiger partial charge in [0, 0.05) is 25.5 Å². The number of aryl methyl sites for hydroxylation is 1. The first-order valence-corrected chi connectivity index (χ1v) is 10.6. The number of nitrogens with zero attached hydrogens (tertiary/aromatic N) is 3. The summed E-state index contributed by atoms with van der Waals surface area (Å²) in [6.45, 7) is -0.122. The van der Waals surface area contributed by atoms with E-state index in [9.17, 15) is 9.59 Å². The molecule has 0 aliphatic heterocycles. The second-order valence-corrected chi connectivity index (χ2v) is 7.80. The van der Waals surface area contributed by atoms with E-state index in [2.05, 4.69) is 15.5 Å². The van der Waals surface area contributed by atoms with Crippen molar-refractivity contribution in [3.8, 4) is 17.1 Å². The van der Waals surface area contributed by atoms with Gasteiger partial charge in [-0.25, -0.2) is 0 Å². The van der Waals surface area contributed by atoms with Crippen LogP contribution < -0.4 is 10.1 Å². The van der Waals surface area contributed by atoms with Gasteiger partial charge in [-0.1, -0.05) is 34.4 Å². The summed E-state index contributed by atoms with van der Waals surface area (Å²) in [6, 6.07) is 12.2. The maximum Gasteiger partial charge on any atom is 0.244 e. The molecule has 0 bridgehead atoms. The number of carbonyl (C=O) groups excluding carboxylic acids is 2. The van der Waals surface area contributed by atoms with Crippen molar-refractivity contribution in [3.63, 3.8) is 0 Å². The first kappa shape index (κ1) is 23.6. The number of anilines is 1. The van der Waals surface area contributed by atoms with Gasteiger partial charge in [-0.3, -0.25) is 9.59 Å². The maximum atomic E-state index is 12.4. The molecule has 2 amide bonds. The number of carbonyl (C=O) groups is 2. The zero-order valence-corrected chi connectivity index (χ0v) is 19.1. The van der Waals surface area contributed by atoms with Gasteiger partial charge in [0.25, 0.3) is 0 Å². The Morgan fingerprint density at radius 3 is 2.47 bits per heavy atom. The summed E-state index contributed by atoms with van der Waals surface area (Å²) in [5.41, 5.74) is 1.13. The number of rotatable bonds is 9. The average molecular weight is 477 g/mol. The number of nitrogens with one attached hydrogen (secondary N) is 1. The van der Waals surface area contributed by atoms with Gasteiger partial charge in [0.1, 0.15) is 5.75 Å². The standard InChI is InChI=1S/C22H22Cl2N4O4/c1-28(13-18(29)25-21-16(23)5-3-6-17(21)24)20(30)8-4-7-19-26-22(27-32-19)14-9-11-15(31-2)12-10-14/h3,5-6,9-12H,4,7-8,13H2,1-2H3,(H,25,29). The van der Waals surface area contributed by atoms with Crippen molar-refractivity contribution >= 4 is 40.7 Å². The Kier molecular flexibility index (Phi) is 8.08. The largest absolute Gasteiger partial charge is 0.497 e. The van der Waals surface area contributed by atoms with Crippen LogP contribution >= 0.6 is 23.2 Å². The molecule has 8 nitrogen and oxygen atoms in total. The molecular weight excluding hydrogens is 455 g/mol. The van der Waals surface area contributed by atoms with Crippen molar-refractivity contribution in [2.24, 2.45) is 0 Å². The molecule has 1 N–H and O–H groups in total. The first-order chi connectivity index (χ1) is 15.4. The molecule has 0 atom stereocenters. The maximum absolute atomic E-state index is 12.4. The van der Waals surface area contributed by atoms with E-state index in [1.165, 1.54) is 4.90 Å². The molecule has 1 heterocycles. The second kappa shape index (κ2) is 11.0. The molecule has 2 aromatic carbocycles. The van der Waals surface area contributed by atoms with E-state index in [4.69, 9.17) is 32.5 Å². The van der Waals surface area contributed by atoms with E-state index in [1.807, 2.05) is 24.3 Å². The van der Waals surface area contributed by atoms with Gasteiger partial charge < -0.3 is 19.5 Å². The molecule has 0 radical (unpaired) electrons. The highest BCUT2D eigenvalue weighted by molar-refractivity contribution is 6.39. The minimum absolute atomic E-state index is 0.122. The highest BCUT2D eigenvalue weighted by Crippen LogP contribution is 2.29. The molecule has 1 aromatic heterocycles. The lowest BCUT2D eigenvalue weighted by atomic mass is 10.2. The van der Waals surface area contributed by atoms with E-state index in [0.717, 1.165) is 11.3 Å². The Morgan fingerprint density at radius 2 is 1.81 bits per heavy atom. The van der Waals surface area contributed by atoms with Crippen molar-refractivity contribution in [2.75, 3.05) is 26.0 Å². The number of hydrogen-bond acceptors (Lipinski definition) is 6. The van der Waals surface area contributed by atoms with Crippen LogP contribution in [0.15, 0.2) is 47.0 Å². The van der Waals surface area contributed by atoms with Crippen LogP contribution in [0.2, 0.25) is 10.0 Å². The van der Waals surface area contributed by atoms with Crippen LogP contribution in [-0.4, -0.2) is 47.6 Å². The lowest BCUT2D eigenvalue weighted by molar-refractivity contribution is -0.133. The quantitative estimate of drug-likeness (QED) is 0.489. The number of methoxy groups -OCH3 is 1. The molecule has 0 aliphatic carbocycles. The summed E-state index contributed by atoms with van der Waals surface area (Å²) in [6.07, 6.45) is 1.19. The zero-order valence-electron chi connectivity index (χ0n) is 17.6. The fraction of sp³-hybridized carbons (Fsp3) is 0.273. The minimum Gasteiger partial charge on any atom is -0.497 e. The average Bonchev–Trinajstić information content (AvgIpc) is 3.25. The molecule has 0 aliphatic rings. The van der Waals surface area contributed by atoms with Gasteiger partial charge in [-0.2, -0.15) is 4.98 Å². The molecule has 0 saturated heterocycles. The number of amides is 2. The van der Waals surface area contributed by atoms with E-state index in [-0.39, 0.29) is 18.9 Å². The summed E-state index contributed by atoms with van der Waals surface area (Å²) in [7, 11) is 3.16. The molecule has 32 heavy (non-hydrogen) atoms. The van der Waals surface area contributed by atoms with Crippen molar-refractivity contribution in [1.82, 2.24) is 15.0 Å². The van der Waals surface area contributed by atoms with Gasteiger partial charge in [0.2, 0.25) is 23.5 Å². The predicted molar refractivity (Wildman–Crippen MR) is 122 cm³/mol. The normalized spacial score (nSPS) is 10.6. The number of ether oxygens (including phenoxy) is 1. The van der Waals surface area contributed by atoms with Gasteiger partial charge >= 0.3 is 0 Å². The summed E-state index contributed by atoms with van der Waals surface area (Å²) in [5.74, 6) is 1.08. The number of para-hydroxylation sites is 1. The third-order valence-corrected chi connectivity index (χ3v) is 5.26. The molecule has 0 saturated carbocycles. The van der Waals surface area contributed by atoms with Crippen LogP contribution in [0, 0.1) is 0 Å². The smallest absolute Gasteiger partial charge is 0.244 e. The third kappa shape index (κ3) is 6.21. The number of halogens is 2. The summed E-state index contributed by atoms with van der Waals surface area (Å²) in [4.78, 5) is 30.3. The van der Waals surface area contributed by atoms with Crippen molar-refractivity contribution in [1.29, 1.82) is 0 Å². The topological polar surface area (TPSA) is 97.6 Å². The van der Waals surface area contributed by atoms with Crippen LogP contribution in [-0.2, 0) is 16.0 Å². The van der Waals surface area contributed by atoms with E-state index < -0.39 is 5.91 Å². The molecule has 168 valence electrons. The van der Waals surface area contributed by atoms with Gasteiger partial charge in [0.15, 0.2) is 0 Å². The van der Waals surface area contributed by atoms with Gasteiger partial charge in [-0.15, -0.1) is 0 Å². The number of likely N-dealkylation sites (N-methyl/N-ethyl adjacent to an activating group) is 1. The molecule has 0 unspecified atom stereocenters. The Balaban J connectivity index is 1.45. The van der Waals surface area contributed by atoms with E-state index in [0.29, 0.717) is 40.3 Å². The number of benzene rings is 2. The Labute approximate surface area is 195 Å². The van der Waals surface area contributed by atoms with Crippen LogP contribution in [0.1, 0.15) is 18.7 Å². The minimum atomic E-state index is -0.392. The fourth-order valence-electron chi connectivity index (χ4n) is 2.90. The molecule has 3 rings (SSSR count). The molecule has 0 spiro atoms. The Hall–Kier alpha value is -3.10. The van der Waals surface area contributed by atoms with Gasteiger partial charge in [0.05, 0.1) is 29.4 Å². The second-order valence-electron chi connectivity index (χ2n) is 6.99.